The fourth-order valence-corrected chi connectivity index (χ4v) is 3.60. The highest BCUT2D eigenvalue weighted by atomic mass is 15.3. The van der Waals surface area contributed by atoms with Crippen LogP contribution in [0.5, 0.6) is 0 Å². The van der Waals surface area contributed by atoms with Crippen LogP contribution in [0.15, 0.2) is 24.3 Å². The summed E-state index contributed by atoms with van der Waals surface area (Å²) in [4.78, 5) is 7.51. The van der Waals surface area contributed by atoms with Gasteiger partial charge in [-0.05, 0) is 44.0 Å². The van der Waals surface area contributed by atoms with E-state index in [-0.39, 0.29) is 0 Å². The summed E-state index contributed by atoms with van der Waals surface area (Å²) < 4.78 is 0. The molecule has 0 unspecified atom stereocenters. The average molecular weight is 273 g/mol. The first-order valence-electron chi connectivity index (χ1n) is 7.88. The third kappa shape index (κ3) is 2.84. The van der Waals surface area contributed by atoms with Crippen LogP contribution >= 0.6 is 0 Å². The van der Waals surface area contributed by atoms with Gasteiger partial charge in [-0.25, -0.2) is 0 Å². The minimum atomic E-state index is 0.679. The van der Waals surface area contributed by atoms with E-state index in [0.717, 1.165) is 12.6 Å². The van der Waals surface area contributed by atoms with Gasteiger partial charge < -0.3 is 4.90 Å². The van der Waals surface area contributed by atoms with Crippen molar-refractivity contribution in [2.75, 3.05) is 38.6 Å². The third-order valence-electron chi connectivity index (χ3n) is 4.90. The number of nitrogens with zero attached hydrogens (tertiary/aromatic N) is 3. The van der Waals surface area contributed by atoms with Crippen LogP contribution in [-0.4, -0.2) is 55.6 Å². The first kappa shape index (κ1) is 13.9. The fourth-order valence-electron chi connectivity index (χ4n) is 3.60. The Bertz CT molecular complexity index is 440. The molecule has 1 aromatic rings. The average Bonchev–Trinajstić information content (AvgIpc) is 2.87. The topological polar surface area (TPSA) is 9.72 Å². The van der Waals surface area contributed by atoms with Crippen LogP contribution in [0.2, 0.25) is 0 Å². The maximum atomic E-state index is 2.69. The normalized spacial score (nSPS) is 27.6. The molecule has 0 N–H and O–H groups in total. The van der Waals surface area contributed by atoms with Crippen molar-refractivity contribution in [3.8, 4) is 0 Å². The zero-order valence-corrected chi connectivity index (χ0v) is 13.0. The van der Waals surface area contributed by atoms with Gasteiger partial charge in [-0.3, -0.25) is 9.80 Å². The van der Waals surface area contributed by atoms with Crippen LogP contribution < -0.4 is 4.90 Å². The second-order valence-electron chi connectivity index (χ2n) is 6.63. The Morgan fingerprint density at radius 2 is 1.90 bits per heavy atom. The predicted molar refractivity (Wildman–Crippen MR) is 85.2 cm³/mol. The number of benzene rings is 1. The third-order valence-corrected chi connectivity index (χ3v) is 4.90. The molecule has 2 aliphatic rings. The van der Waals surface area contributed by atoms with E-state index in [1.165, 1.54) is 43.7 Å². The molecule has 0 aromatic heterocycles. The second-order valence-corrected chi connectivity index (χ2v) is 6.63. The van der Waals surface area contributed by atoms with E-state index < -0.39 is 0 Å². The zero-order chi connectivity index (χ0) is 14.1. The summed E-state index contributed by atoms with van der Waals surface area (Å²) >= 11 is 0. The van der Waals surface area contributed by atoms with Crippen LogP contribution in [0.25, 0.3) is 0 Å². The van der Waals surface area contributed by atoms with E-state index in [4.69, 9.17) is 0 Å². The van der Waals surface area contributed by atoms with Gasteiger partial charge >= 0.3 is 0 Å². The summed E-state index contributed by atoms with van der Waals surface area (Å²) in [6, 6.07) is 10.5. The summed E-state index contributed by atoms with van der Waals surface area (Å²) in [6.07, 6.45) is 2.78. The van der Waals surface area contributed by atoms with Crippen LogP contribution in [0.1, 0.15) is 25.3 Å². The van der Waals surface area contributed by atoms with Gasteiger partial charge in [0.05, 0.1) is 0 Å². The lowest BCUT2D eigenvalue weighted by atomic mass is 10.1. The lowest BCUT2D eigenvalue weighted by Gasteiger charge is -2.42. The van der Waals surface area contributed by atoms with Crippen LogP contribution in [0.4, 0.5) is 5.69 Å². The van der Waals surface area contributed by atoms with Gasteiger partial charge in [0.2, 0.25) is 0 Å². The monoisotopic (exact) mass is 273 g/mol. The van der Waals surface area contributed by atoms with Crippen molar-refractivity contribution >= 4 is 5.69 Å². The number of hydrogen-bond donors (Lipinski definition) is 0. The maximum absolute atomic E-state index is 2.69. The van der Waals surface area contributed by atoms with Gasteiger partial charge in [-0.1, -0.05) is 12.1 Å². The zero-order valence-electron chi connectivity index (χ0n) is 13.0. The molecule has 0 bridgehead atoms. The Morgan fingerprint density at radius 1 is 1.15 bits per heavy atom. The second kappa shape index (κ2) is 5.74. The van der Waals surface area contributed by atoms with Crippen molar-refractivity contribution in [2.24, 2.45) is 0 Å². The first-order chi connectivity index (χ1) is 9.63. The molecule has 2 heterocycles. The van der Waals surface area contributed by atoms with Gasteiger partial charge in [0.15, 0.2) is 0 Å². The van der Waals surface area contributed by atoms with E-state index in [2.05, 4.69) is 60.0 Å². The van der Waals surface area contributed by atoms with Crippen LogP contribution in [0, 0.1) is 0 Å². The molecule has 2 atom stereocenters. The standard InChI is InChI=1S/C17H27N3/c1-14-11-19-10-4-5-17(19)13-20(14)12-15-6-8-16(9-7-15)18(2)3/h6-9,14,17H,4-5,10-13H2,1-3H3/t14-,17+/m0/s1. The van der Waals surface area contributed by atoms with Crippen molar-refractivity contribution in [1.29, 1.82) is 0 Å². The number of anilines is 1. The highest BCUT2D eigenvalue weighted by Gasteiger charge is 2.34. The molecule has 20 heavy (non-hydrogen) atoms. The number of rotatable bonds is 3. The van der Waals surface area contributed by atoms with Crippen molar-refractivity contribution in [3.05, 3.63) is 29.8 Å². The molecule has 3 nitrogen and oxygen atoms in total. The number of fused-ring (bicyclic) bond motifs is 1. The lowest BCUT2D eigenvalue weighted by Crippen LogP contribution is -2.54. The molecule has 0 saturated carbocycles. The van der Waals surface area contributed by atoms with Gasteiger partial charge in [-0.2, -0.15) is 0 Å². The number of piperazine rings is 1. The molecule has 0 radical (unpaired) electrons. The summed E-state index contributed by atoms with van der Waals surface area (Å²) in [5.41, 5.74) is 2.72. The Balaban J connectivity index is 1.64. The molecular weight excluding hydrogens is 246 g/mol. The van der Waals surface area contributed by atoms with E-state index in [1.54, 1.807) is 0 Å². The van der Waals surface area contributed by atoms with E-state index in [1.807, 2.05) is 0 Å². The molecule has 2 saturated heterocycles. The summed E-state index contributed by atoms with van der Waals surface area (Å²) in [6.45, 7) is 7.29. The molecule has 0 aliphatic carbocycles. The summed E-state index contributed by atoms with van der Waals surface area (Å²) in [5, 5.41) is 0. The Morgan fingerprint density at radius 3 is 2.60 bits per heavy atom. The minimum Gasteiger partial charge on any atom is -0.378 e. The smallest absolute Gasteiger partial charge is 0.0361 e. The van der Waals surface area contributed by atoms with Gasteiger partial charge in [0.1, 0.15) is 0 Å². The van der Waals surface area contributed by atoms with Crippen molar-refractivity contribution in [3.63, 3.8) is 0 Å². The highest BCUT2D eigenvalue weighted by Crippen LogP contribution is 2.26. The Labute approximate surface area is 123 Å². The van der Waals surface area contributed by atoms with Crippen LogP contribution in [-0.2, 0) is 6.54 Å². The first-order valence-corrected chi connectivity index (χ1v) is 7.88. The molecule has 110 valence electrons. The SMILES string of the molecule is C[C@H]1CN2CCC[C@@H]2CN1Cc1ccc(N(C)C)cc1. The molecule has 0 amide bonds. The highest BCUT2D eigenvalue weighted by molar-refractivity contribution is 5.45. The lowest BCUT2D eigenvalue weighted by molar-refractivity contribution is 0.0540. The van der Waals surface area contributed by atoms with Gasteiger partial charge in [0.25, 0.3) is 0 Å². The van der Waals surface area contributed by atoms with Crippen LogP contribution in [0.3, 0.4) is 0 Å². The van der Waals surface area contributed by atoms with E-state index in [0.29, 0.717) is 6.04 Å². The van der Waals surface area contributed by atoms with Crippen molar-refractivity contribution in [1.82, 2.24) is 9.80 Å². The Hall–Kier alpha value is -1.06. The maximum Gasteiger partial charge on any atom is 0.0361 e. The molecule has 2 aliphatic heterocycles. The molecule has 3 heteroatoms. The van der Waals surface area contributed by atoms with Gasteiger partial charge in [-0.15, -0.1) is 0 Å². The minimum absolute atomic E-state index is 0.679. The fraction of sp³-hybridized carbons (Fsp3) is 0.647. The molecule has 2 fully saturated rings. The Kier molecular flexibility index (Phi) is 3.99. The van der Waals surface area contributed by atoms with Crippen molar-refractivity contribution in [2.45, 2.75) is 38.4 Å². The molecule has 1 aromatic carbocycles. The quantitative estimate of drug-likeness (QED) is 0.837. The summed E-state index contributed by atoms with van der Waals surface area (Å²) in [5.74, 6) is 0. The molecule has 0 spiro atoms. The largest absolute Gasteiger partial charge is 0.378 e. The number of hydrogen-bond acceptors (Lipinski definition) is 3. The summed E-state index contributed by atoms with van der Waals surface area (Å²) in [7, 11) is 4.19. The van der Waals surface area contributed by atoms with E-state index in [9.17, 15) is 0 Å². The molecule has 3 rings (SSSR count). The van der Waals surface area contributed by atoms with Crippen molar-refractivity contribution < 1.29 is 0 Å². The molecular formula is C17H27N3. The van der Waals surface area contributed by atoms with Gasteiger partial charge in [0, 0.05) is 51.5 Å². The predicted octanol–water partition coefficient (Wildman–Crippen LogP) is 2.42. The van der Waals surface area contributed by atoms with E-state index >= 15 is 0 Å².